The number of aliphatic carboxylic acids is 1. The third-order valence-corrected chi connectivity index (χ3v) is 3.20. The minimum atomic E-state index is -0.731. The van der Waals surface area contributed by atoms with Gasteiger partial charge in [0, 0.05) is 11.1 Å². The zero-order valence-corrected chi connectivity index (χ0v) is 10.7. The van der Waals surface area contributed by atoms with E-state index in [4.69, 9.17) is 5.11 Å². The molecule has 0 saturated heterocycles. The molecular weight excluding hydrogens is 226 g/mol. The van der Waals surface area contributed by atoms with Crippen LogP contribution in [0.3, 0.4) is 0 Å². The first-order chi connectivity index (χ1) is 8.58. The molecule has 0 amide bonds. The minimum Gasteiger partial charge on any atom is -0.481 e. The van der Waals surface area contributed by atoms with Gasteiger partial charge in [-0.15, -0.1) is 0 Å². The molecule has 18 heavy (non-hydrogen) atoms. The van der Waals surface area contributed by atoms with Crippen LogP contribution in [0.1, 0.15) is 24.6 Å². The zero-order valence-electron chi connectivity index (χ0n) is 10.7. The number of pyridine rings is 1. The lowest BCUT2D eigenvalue weighted by molar-refractivity contribution is -0.141. The molecule has 2 rings (SSSR count). The lowest BCUT2D eigenvalue weighted by atomic mass is 9.98. The van der Waals surface area contributed by atoms with Crippen molar-refractivity contribution in [2.75, 3.05) is 0 Å². The predicted octanol–water partition coefficient (Wildman–Crippen LogP) is 3.20. The first-order valence-corrected chi connectivity index (χ1v) is 6.16. The van der Waals surface area contributed by atoms with Gasteiger partial charge in [-0.1, -0.05) is 25.1 Å². The second kappa shape index (κ2) is 5.17. The van der Waals surface area contributed by atoms with Gasteiger partial charge in [-0.25, -0.2) is 0 Å². The molecule has 0 saturated carbocycles. The molecule has 0 fully saturated rings. The van der Waals surface area contributed by atoms with Gasteiger partial charge in [0.2, 0.25) is 0 Å². The highest BCUT2D eigenvalue weighted by atomic mass is 16.4. The van der Waals surface area contributed by atoms with Crippen molar-refractivity contribution in [3.05, 3.63) is 41.6 Å². The number of rotatable bonds is 4. The van der Waals surface area contributed by atoms with Crippen LogP contribution in [0.25, 0.3) is 10.9 Å². The van der Waals surface area contributed by atoms with Crippen LogP contribution in [0, 0.1) is 12.8 Å². The van der Waals surface area contributed by atoms with Gasteiger partial charge in [0.15, 0.2) is 0 Å². The summed E-state index contributed by atoms with van der Waals surface area (Å²) in [6.07, 6.45) is 1.43. The predicted molar refractivity (Wildman–Crippen MR) is 71.6 cm³/mol. The second-order valence-electron chi connectivity index (χ2n) is 4.72. The van der Waals surface area contributed by atoms with Crippen molar-refractivity contribution >= 4 is 16.9 Å². The lowest BCUT2D eigenvalue weighted by Crippen LogP contribution is -2.10. The van der Waals surface area contributed by atoms with E-state index in [1.807, 2.05) is 31.2 Å². The highest BCUT2D eigenvalue weighted by molar-refractivity contribution is 5.82. The molecule has 1 unspecified atom stereocenters. The van der Waals surface area contributed by atoms with E-state index in [1.54, 1.807) is 6.92 Å². The SMILES string of the molecule is Cc1cc(CCC(C)C(=O)O)c2ccccc2n1. The number of carboxylic acids is 1. The van der Waals surface area contributed by atoms with Crippen LogP contribution >= 0.6 is 0 Å². The molecule has 0 spiro atoms. The van der Waals surface area contributed by atoms with E-state index in [9.17, 15) is 4.79 Å². The summed E-state index contributed by atoms with van der Waals surface area (Å²) in [7, 11) is 0. The monoisotopic (exact) mass is 243 g/mol. The van der Waals surface area contributed by atoms with Crippen LogP contribution < -0.4 is 0 Å². The Hall–Kier alpha value is -1.90. The number of aromatic nitrogens is 1. The maximum absolute atomic E-state index is 10.8. The second-order valence-corrected chi connectivity index (χ2v) is 4.72. The molecule has 94 valence electrons. The van der Waals surface area contributed by atoms with Crippen molar-refractivity contribution in [2.45, 2.75) is 26.7 Å². The van der Waals surface area contributed by atoms with Crippen molar-refractivity contribution in [2.24, 2.45) is 5.92 Å². The Labute approximate surface area is 106 Å². The summed E-state index contributed by atoms with van der Waals surface area (Å²) in [6, 6.07) is 10.0. The third-order valence-electron chi connectivity index (χ3n) is 3.20. The van der Waals surface area contributed by atoms with Crippen molar-refractivity contribution in [3.63, 3.8) is 0 Å². The van der Waals surface area contributed by atoms with E-state index in [1.165, 1.54) is 5.56 Å². The zero-order chi connectivity index (χ0) is 13.1. The first-order valence-electron chi connectivity index (χ1n) is 6.16. The average molecular weight is 243 g/mol. The molecule has 1 aromatic carbocycles. The number of benzene rings is 1. The Morgan fingerprint density at radius 3 is 2.83 bits per heavy atom. The standard InChI is InChI=1S/C15H17NO2/c1-10(15(17)18)7-8-12-9-11(2)16-14-6-4-3-5-13(12)14/h3-6,9-10H,7-8H2,1-2H3,(H,17,18). The fraction of sp³-hybridized carbons (Fsp3) is 0.333. The van der Waals surface area contributed by atoms with Gasteiger partial charge in [-0.2, -0.15) is 0 Å². The fourth-order valence-corrected chi connectivity index (χ4v) is 2.10. The number of nitrogens with zero attached hydrogens (tertiary/aromatic N) is 1. The molecule has 3 heteroatoms. The molecule has 0 aliphatic carbocycles. The van der Waals surface area contributed by atoms with Gasteiger partial charge in [-0.05, 0) is 37.5 Å². The maximum atomic E-state index is 10.8. The maximum Gasteiger partial charge on any atom is 0.306 e. The number of fused-ring (bicyclic) bond motifs is 1. The van der Waals surface area contributed by atoms with E-state index in [2.05, 4.69) is 11.1 Å². The summed E-state index contributed by atoms with van der Waals surface area (Å²) in [4.78, 5) is 15.3. The van der Waals surface area contributed by atoms with Crippen molar-refractivity contribution in [3.8, 4) is 0 Å². The quantitative estimate of drug-likeness (QED) is 0.897. The largest absolute Gasteiger partial charge is 0.481 e. The summed E-state index contributed by atoms with van der Waals surface area (Å²) >= 11 is 0. The topological polar surface area (TPSA) is 50.2 Å². The lowest BCUT2D eigenvalue weighted by Gasteiger charge is -2.09. The van der Waals surface area contributed by atoms with E-state index in [0.29, 0.717) is 6.42 Å². The molecule has 0 radical (unpaired) electrons. The Morgan fingerprint density at radius 1 is 1.39 bits per heavy atom. The Balaban J connectivity index is 2.29. The summed E-state index contributed by atoms with van der Waals surface area (Å²) in [5.74, 6) is -1.04. The van der Waals surface area contributed by atoms with Gasteiger partial charge in [-0.3, -0.25) is 9.78 Å². The molecular formula is C15H17NO2. The summed E-state index contributed by atoms with van der Waals surface area (Å²) in [6.45, 7) is 3.72. The molecule has 3 nitrogen and oxygen atoms in total. The van der Waals surface area contributed by atoms with Gasteiger partial charge in [0.05, 0.1) is 11.4 Å². The highest BCUT2D eigenvalue weighted by Crippen LogP contribution is 2.21. The Bertz CT molecular complexity index is 578. The first kappa shape index (κ1) is 12.6. The van der Waals surface area contributed by atoms with Crippen LogP contribution in [0.4, 0.5) is 0 Å². The summed E-state index contributed by atoms with van der Waals surface area (Å²) in [5.41, 5.74) is 3.15. The molecule has 1 N–H and O–H groups in total. The fourth-order valence-electron chi connectivity index (χ4n) is 2.10. The Morgan fingerprint density at radius 2 is 2.11 bits per heavy atom. The number of aryl methyl sites for hydroxylation is 2. The van der Waals surface area contributed by atoms with Gasteiger partial charge < -0.3 is 5.11 Å². The van der Waals surface area contributed by atoms with Crippen LogP contribution in [-0.4, -0.2) is 16.1 Å². The van der Waals surface area contributed by atoms with E-state index in [0.717, 1.165) is 23.0 Å². The van der Waals surface area contributed by atoms with E-state index >= 15 is 0 Å². The van der Waals surface area contributed by atoms with Gasteiger partial charge >= 0.3 is 5.97 Å². The summed E-state index contributed by atoms with van der Waals surface area (Å²) < 4.78 is 0. The van der Waals surface area contributed by atoms with Crippen LogP contribution in [0.15, 0.2) is 30.3 Å². The molecule has 1 heterocycles. The molecule has 0 bridgehead atoms. The average Bonchev–Trinajstić information content (AvgIpc) is 2.35. The molecule has 1 aromatic heterocycles. The highest BCUT2D eigenvalue weighted by Gasteiger charge is 2.12. The van der Waals surface area contributed by atoms with Crippen molar-refractivity contribution < 1.29 is 9.90 Å². The molecule has 2 aromatic rings. The normalized spacial score (nSPS) is 12.6. The van der Waals surface area contributed by atoms with Crippen molar-refractivity contribution in [1.29, 1.82) is 0 Å². The number of carbonyl (C=O) groups is 1. The molecule has 1 atom stereocenters. The van der Waals surface area contributed by atoms with Crippen LogP contribution in [-0.2, 0) is 11.2 Å². The number of hydrogen-bond acceptors (Lipinski definition) is 2. The van der Waals surface area contributed by atoms with Crippen LogP contribution in [0.5, 0.6) is 0 Å². The van der Waals surface area contributed by atoms with E-state index in [-0.39, 0.29) is 5.92 Å². The minimum absolute atomic E-state index is 0.308. The number of hydrogen-bond donors (Lipinski definition) is 1. The molecule has 0 aliphatic rings. The third kappa shape index (κ3) is 2.67. The smallest absolute Gasteiger partial charge is 0.306 e. The van der Waals surface area contributed by atoms with E-state index < -0.39 is 5.97 Å². The van der Waals surface area contributed by atoms with Crippen molar-refractivity contribution in [1.82, 2.24) is 4.98 Å². The number of carboxylic acid groups (broad SMARTS) is 1. The Kier molecular flexibility index (Phi) is 3.60. The van der Waals surface area contributed by atoms with Gasteiger partial charge in [0.25, 0.3) is 0 Å². The molecule has 0 aliphatic heterocycles. The van der Waals surface area contributed by atoms with Crippen LogP contribution in [0.2, 0.25) is 0 Å². The number of para-hydroxylation sites is 1. The summed E-state index contributed by atoms with van der Waals surface area (Å²) in [5, 5.41) is 10.0. The van der Waals surface area contributed by atoms with Gasteiger partial charge in [0.1, 0.15) is 0 Å².